The average molecular weight is 587 g/mol. The fourth-order valence-electron chi connectivity index (χ4n) is 8.02. The van der Waals surface area contributed by atoms with Crippen LogP contribution in [-0.4, -0.2) is 47.3 Å². The van der Waals surface area contributed by atoms with Gasteiger partial charge in [-0.15, -0.1) is 0 Å². The predicted octanol–water partition coefficient (Wildman–Crippen LogP) is 9.00. The van der Waals surface area contributed by atoms with E-state index < -0.39 is 13.9 Å². The van der Waals surface area contributed by atoms with E-state index in [-0.39, 0.29) is 28.1 Å². The standard InChI is InChI=1S/C35H58O3SSi/c1-11-35(37,12-2)19-13-21-39-24(3)28-16-17-29-27-15-14-25-22-26(36)23-31(38-40(9,10)32(4,5)6)34(25,8)30(27)18-20-33(28,29)7/h13-16,19,24,26,29-31,36-37H,11-12,17-18,20-23H2,1-10H3/b19-13+/t24?,26?,29-,30-,31?,33+,34-/m1/s1. The lowest BCUT2D eigenvalue weighted by molar-refractivity contribution is -0.0417. The maximum Gasteiger partial charge on any atom is 0.192 e. The molecule has 0 aliphatic heterocycles. The van der Waals surface area contributed by atoms with Gasteiger partial charge in [0.05, 0.1) is 17.8 Å². The predicted molar refractivity (Wildman–Crippen MR) is 175 cm³/mol. The lowest BCUT2D eigenvalue weighted by Crippen LogP contribution is -2.57. The molecular formula is C35H58O3SSi. The molecule has 0 heterocycles. The average Bonchev–Trinajstić information content (AvgIpc) is 3.23. The Balaban J connectivity index is 1.54. The molecule has 4 aliphatic rings. The first-order valence-corrected chi connectivity index (χ1v) is 20.0. The Morgan fingerprint density at radius 2 is 1.82 bits per heavy atom. The molecule has 0 aromatic rings. The van der Waals surface area contributed by atoms with Crippen molar-refractivity contribution in [2.45, 2.75) is 142 Å². The third-order valence-corrected chi connectivity index (χ3v) is 17.7. The zero-order valence-corrected chi connectivity index (χ0v) is 29.0. The summed E-state index contributed by atoms with van der Waals surface area (Å²) in [7, 11) is -1.99. The van der Waals surface area contributed by atoms with Crippen molar-refractivity contribution in [3.63, 3.8) is 0 Å². The van der Waals surface area contributed by atoms with E-state index >= 15 is 0 Å². The fraction of sp³-hybridized carbons (Fsp3) is 0.771. The molecule has 226 valence electrons. The van der Waals surface area contributed by atoms with E-state index in [1.165, 1.54) is 18.4 Å². The van der Waals surface area contributed by atoms with E-state index in [2.05, 4.69) is 92.8 Å². The molecule has 2 fully saturated rings. The molecular weight excluding hydrogens is 529 g/mol. The monoisotopic (exact) mass is 586 g/mol. The minimum atomic E-state index is -1.99. The molecule has 0 amide bonds. The zero-order valence-electron chi connectivity index (χ0n) is 27.1. The first kappa shape index (κ1) is 32.3. The van der Waals surface area contributed by atoms with Crippen LogP contribution >= 0.6 is 11.8 Å². The molecule has 40 heavy (non-hydrogen) atoms. The van der Waals surface area contributed by atoms with Gasteiger partial charge in [0.2, 0.25) is 0 Å². The van der Waals surface area contributed by atoms with Crippen molar-refractivity contribution in [2.24, 2.45) is 22.7 Å². The molecule has 2 saturated carbocycles. The summed E-state index contributed by atoms with van der Waals surface area (Å²) in [6.07, 6.45) is 18.0. The largest absolute Gasteiger partial charge is 0.413 e. The summed E-state index contributed by atoms with van der Waals surface area (Å²) in [6.45, 7) is 23.2. The summed E-state index contributed by atoms with van der Waals surface area (Å²) in [4.78, 5) is 0. The van der Waals surface area contributed by atoms with Crippen LogP contribution in [0.5, 0.6) is 0 Å². The van der Waals surface area contributed by atoms with Crippen molar-refractivity contribution in [3.8, 4) is 0 Å². The number of allylic oxidation sites excluding steroid dienone is 4. The highest BCUT2D eigenvalue weighted by Gasteiger charge is 2.58. The Kier molecular flexibility index (Phi) is 9.28. The van der Waals surface area contributed by atoms with Crippen molar-refractivity contribution in [3.05, 3.63) is 47.1 Å². The van der Waals surface area contributed by atoms with Crippen LogP contribution in [0.25, 0.3) is 0 Å². The molecule has 0 aromatic heterocycles. The van der Waals surface area contributed by atoms with E-state index in [0.717, 1.165) is 37.9 Å². The first-order chi connectivity index (χ1) is 18.5. The Morgan fingerprint density at radius 3 is 2.45 bits per heavy atom. The lowest BCUT2D eigenvalue weighted by atomic mass is 9.49. The van der Waals surface area contributed by atoms with E-state index in [1.54, 1.807) is 11.1 Å². The highest BCUT2D eigenvalue weighted by molar-refractivity contribution is 8.00. The zero-order chi connectivity index (χ0) is 29.7. The summed E-state index contributed by atoms with van der Waals surface area (Å²) in [5.41, 5.74) is 4.18. The molecule has 0 spiro atoms. The van der Waals surface area contributed by atoms with Crippen molar-refractivity contribution in [1.82, 2.24) is 0 Å². The van der Waals surface area contributed by atoms with Crippen LogP contribution in [-0.2, 0) is 4.43 Å². The topological polar surface area (TPSA) is 49.7 Å². The van der Waals surface area contributed by atoms with Gasteiger partial charge in [-0.1, -0.05) is 95.6 Å². The number of fused-ring (bicyclic) bond motifs is 5. The van der Waals surface area contributed by atoms with E-state index in [1.807, 2.05) is 17.8 Å². The molecule has 4 rings (SSSR count). The maximum absolute atomic E-state index is 10.9. The molecule has 7 atom stereocenters. The number of hydrogen-bond donors (Lipinski definition) is 2. The highest BCUT2D eigenvalue weighted by atomic mass is 32.2. The third kappa shape index (κ3) is 5.68. The Bertz CT molecular complexity index is 1060. The van der Waals surface area contributed by atoms with Gasteiger partial charge >= 0.3 is 0 Å². The smallest absolute Gasteiger partial charge is 0.192 e. The molecule has 0 radical (unpaired) electrons. The highest BCUT2D eigenvalue weighted by Crippen LogP contribution is 2.65. The molecule has 2 N–H and O–H groups in total. The lowest BCUT2D eigenvalue weighted by Gasteiger charge is -2.58. The summed E-state index contributed by atoms with van der Waals surface area (Å²) in [6, 6.07) is 0. The van der Waals surface area contributed by atoms with E-state index in [0.29, 0.717) is 17.1 Å². The summed E-state index contributed by atoms with van der Waals surface area (Å²) >= 11 is 2.00. The number of thioether (sulfide) groups is 1. The van der Waals surface area contributed by atoms with Crippen LogP contribution in [0.1, 0.15) is 100 Å². The molecule has 5 heteroatoms. The number of rotatable bonds is 9. The summed E-state index contributed by atoms with van der Waals surface area (Å²) in [5, 5.41) is 22.1. The molecule has 0 saturated heterocycles. The molecule has 3 nitrogen and oxygen atoms in total. The first-order valence-electron chi connectivity index (χ1n) is 16.0. The van der Waals surface area contributed by atoms with Crippen LogP contribution in [0.2, 0.25) is 18.1 Å². The van der Waals surface area contributed by atoms with E-state index in [9.17, 15) is 10.2 Å². The van der Waals surface area contributed by atoms with Crippen molar-refractivity contribution < 1.29 is 14.6 Å². The third-order valence-electron chi connectivity index (χ3n) is 12.0. The second-order valence-electron chi connectivity index (χ2n) is 15.2. The molecule has 4 aliphatic carbocycles. The van der Waals surface area contributed by atoms with Gasteiger partial charge in [0.25, 0.3) is 0 Å². The molecule has 0 bridgehead atoms. The maximum atomic E-state index is 10.9. The van der Waals surface area contributed by atoms with Gasteiger partial charge in [-0.2, -0.15) is 11.8 Å². The Hall–Kier alpha value is -0.593. The van der Waals surface area contributed by atoms with Crippen LogP contribution < -0.4 is 0 Å². The number of hydrogen-bond acceptors (Lipinski definition) is 4. The fourth-order valence-corrected chi connectivity index (χ4v) is 10.5. The minimum absolute atomic E-state index is 0.0383. The van der Waals surface area contributed by atoms with Gasteiger partial charge in [0.1, 0.15) is 0 Å². The SMILES string of the molecule is CCC(O)(/C=C/CSC(C)C1=CC[C@@H]2C3=CC=C4CC(O)CC(O[Si](C)(C)C(C)(C)C)[C@@]4(C)[C@@H]3CC[C@@]12C)CC. The second-order valence-corrected chi connectivity index (χ2v) is 21.4. The minimum Gasteiger partial charge on any atom is -0.413 e. The summed E-state index contributed by atoms with van der Waals surface area (Å²) in [5.74, 6) is 1.98. The van der Waals surface area contributed by atoms with Gasteiger partial charge < -0.3 is 14.6 Å². The Morgan fingerprint density at radius 1 is 1.15 bits per heavy atom. The van der Waals surface area contributed by atoms with Crippen LogP contribution in [0, 0.1) is 22.7 Å². The number of aliphatic hydroxyl groups is 2. The van der Waals surface area contributed by atoms with Crippen LogP contribution in [0.3, 0.4) is 0 Å². The van der Waals surface area contributed by atoms with Gasteiger partial charge in [-0.3, -0.25) is 0 Å². The molecule has 0 aromatic carbocycles. The van der Waals surface area contributed by atoms with Crippen molar-refractivity contribution >= 4 is 20.1 Å². The quantitative estimate of drug-likeness (QED) is 0.209. The van der Waals surface area contributed by atoms with Crippen molar-refractivity contribution in [1.29, 1.82) is 0 Å². The Labute approximate surface area is 251 Å². The van der Waals surface area contributed by atoms with Crippen molar-refractivity contribution in [2.75, 3.05) is 5.75 Å². The van der Waals surface area contributed by atoms with Gasteiger partial charge in [-0.05, 0) is 87.3 Å². The summed E-state index contributed by atoms with van der Waals surface area (Å²) < 4.78 is 7.20. The van der Waals surface area contributed by atoms with Crippen LogP contribution in [0.15, 0.2) is 47.1 Å². The van der Waals surface area contributed by atoms with Gasteiger partial charge in [-0.25, -0.2) is 0 Å². The van der Waals surface area contributed by atoms with Gasteiger partial charge in [0, 0.05) is 16.4 Å². The normalized spacial score (nSPS) is 35.5. The molecule has 3 unspecified atom stereocenters. The van der Waals surface area contributed by atoms with Gasteiger partial charge in [0.15, 0.2) is 8.32 Å². The van der Waals surface area contributed by atoms with E-state index in [4.69, 9.17) is 4.43 Å². The second kappa shape index (κ2) is 11.5. The number of aliphatic hydroxyl groups excluding tert-OH is 1. The van der Waals surface area contributed by atoms with Crippen LogP contribution in [0.4, 0.5) is 0 Å².